The molecule has 0 aromatic carbocycles. The van der Waals surface area contributed by atoms with E-state index in [4.69, 9.17) is 0 Å². The van der Waals surface area contributed by atoms with Crippen molar-refractivity contribution in [3.63, 3.8) is 0 Å². The zero-order valence-corrected chi connectivity index (χ0v) is 20.6. The summed E-state index contributed by atoms with van der Waals surface area (Å²) < 4.78 is 161. The summed E-state index contributed by atoms with van der Waals surface area (Å²) in [5, 5.41) is 0. The van der Waals surface area contributed by atoms with Crippen LogP contribution in [0.5, 0.6) is 0 Å². The predicted octanol–water partition coefficient (Wildman–Crippen LogP) is 8.46. The fourth-order valence-electron chi connectivity index (χ4n) is 3.99. The lowest BCUT2D eigenvalue weighted by atomic mass is 9.84. The van der Waals surface area contributed by atoms with Crippen LogP contribution in [0.3, 0.4) is 0 Å². The average Bonchev–Trinajstić information content (AvgIpc) is 3.50. The Morgan fingerprint density at radius 1 is 0.512 bits per heavy atom. The third-order valence-corrected chi connectivity index (χ3v) is 6.12. The average molecular weight is 600 g/mol. The van der Waals surface area contributed by atoms with Crippen molar-refractivity contribution in [1.82, 2.24) is 19.1 Å². The second kappa shape index (κ2) is 9.55. The van der Waals surface area contributed by atoms with Gasteiger partial charge in [0.1, 0.15) is 23.0 Å². The first-order valence-corrected chi connectivity index (χ1v) is 11.3. The highest BCUT2D eigenvalue weighted by Crippen LogP contribution is 2.40. The van der Waals surface area contributed by atoms with Crippen LogP contribution in [-0.2, 0) is 30.1 Å². The van der Waals surface area contributed by atoms with Gasteiger partial charge in [0.25, 0.3) is 0 Å². The van der Waals surface area contributed by atoms with Gasteiger partial charge in [0.05, 0.1) is 22.5 Å². The third kappa shape index (κ3) is 5.91. The van der Waals surface area contributed by atoms with Gasteiger partial charge in [-0.1, -0.05) is 12.1 Å². The van der Waals surface area contributed by atoms with Gasteiger partial charge in [0.15, 0.2) is 0 Å². The minimum absolute atomic E-state index is 0.0467. The lowest BCUT2D eigenvalue weighted by Crippen LogP contribution is -2.24. The quantitative estimate of drug-likeness (QED) is 0.221. The molecule has 0 spiro atoms. The van der Waals surface area contributed by atoms with Crippen LogP contribution in [0.1, 0.15) is 47.8 Å². The van der Waals surface area contributed by atoms with Crippen molar-refractivity contribution in [2.75, 3.05) is 0 Å². The fourth-order valence-corrected chi connectivity index (χ4v) is 3.99. The predicted molar refractivity (Wildman–Crippen MR) is 119 cm³/mol. The summed E-state index contributed by atoms with van der Waals surface area (Å²) in [7, 11) is 0. The molecular formula is C25H16F12N4. The van der Waals surface area contributed by atoms with E-state index in [0.29, 0.717) is 0 Å². The number of aromatic nitrogens is 4. The topological polar surface area (TPSA) is 35.6 Å². The number of nitrogens with zero attached hydrogens (tertiary/aromatic N) is 4. The first kappa shape index (κ1) is 30.0. The summed E-state index contributed by atoms with van der Waals surface area (Å²) in [5.74, 6) is -1.09. The van der Waals surface area contributed by atoms with Crippen LogP contribution in [0.15, 0.2) is 60.9 Å². The Hall–Kier alpha value is -3.98. The normalized spacial score (nSPS) is 13.6. The molecule has 4 aromatic rings. The van der Waals surface area contributed by atoms with Crippen molar-refractivity contribution in [3.8, 4) is 11.6 Å². The molecule has 0 bridgehead atoms. The van der Waals surface area contributed by atoms with Crippen molar-refractivity contribution in [2.24, 2.45) is 0 Å². The van der Waals surface area contributed by atoms with Crippen LogP contribution in [0.25, 0.3) is 11.6 Å². The Kier molecular flexibility index (Phi) is 6.98. The van der Waals surface area contributed by atoms with Gasteiger partial charge < -0.3 is 0 Å². The Morgan fingerprint density at radius 3 is 1.15 bits per heavy atom. The number of hydrogen-bond acceptors (Lipinski definition) is 2. The molecule has 0 aliphatic rings. The van der Waals surface area contributed by atoms with Gasteiger partial charge in [0.2, 0.25) is 0 Å². The molecule has 0 unspecified atom stereocenters. The van der Waals surface area contributed by atoms with Gasteiger partial charge in [-0.15, -0.1) is 0 Å². The second-order valence-electron chi connectivity index (χ2n) is 9.35. The van der Waals surface area contributed by atoms with Gasteiger partial charge in [-0.2, -0.15) is 52.7 Å². The van der Waals surface area contributed by atoms with Crippen molar-refractivity contribution < 1.29 is 52.7 Å². The molecule has 0 fully saturated rings. The van der Waals surface area contributed by atoms with E-state index >= 15 is 0 Å². The molecule has 0 saturated carbocycles. The third-order valence-electron chi connectivity index (χ3n) is 6.12. The monoisotopic (exact) mass is 600 g/mol. The highest BCUT2D eigenvalue weighted by molar-refractivity contribution is 5.40. The summed E-state index contributed by atoms with van der Waals surface area (Å²) in [6.45, 7) is 2.85. The van der Waals surface area contributed by atoms with Crippen LogP contribution < -0.4 is 0 Å². The van der Waals surface area contributed by atoms with Gasteiger partial charge in [-0.05, 0) is 50.2 Å². The standard InChI is InChI=1S/C25H16F12N4/c1-21(2,15-5-3-7-19(38-15)40-11-13(22(26,27)28)9-17(40)24(32,33)34)16-6-4-8-20(39-16)41-12-14(23(29,30)31)10-18(41)25(35,36)37/h3-12H,1-2H3. The van der Waals surface area contributed by atoms with Gasteiger partial charge in [0, 0.05) is 17.8 Å². The maximum Gasteiger partial charge on any atom is 0.431 e. The molecule has 16 heteroatoms. The molecule has 0 N–H and O–H groups in total. The van der Waals surface area contributed by atoms with Crippen LogP contribution >= 0.6 is 0 Å². The van der Waals surface area contributed by atoms with E-state index in [1.54, 1.807) is 0 Å². The molecule has 4 heterocycles. The zero-order valence-electron chi connectivity index (χ0n) is 20.6. The maximum absolute atomic E-state index is 13.6. The van der Waals surface area contributed by atoms with Crippen molar-refractivity contribution in [3.05, 3.63) is 94.8 Å². The van der Waals surface area contributed by atoms with E-state index in [1.807, 2.05) is 0 Å². The lowest BCUT2D eigenvalue weighted by Gasteiger charge is -2.25. The summed E-state index contributed by atoms with van der Waals surface area (Å²) in [6, 6.07) is 6.92. The second-order valence-corrected chi connectivity index (χ2v) is 9.35. The maximum atomic E-state index is 13.6. The van der Waals surface area contributed by atoms with Crippen molar-refractivity contribution in [1.29, 1.82) is 0 Å². The molecule has 0 radical (unpaired) electrons. The highest BCUT2D eigenvalue weighted by Gasteiger charge is 2.42. The molecule has 0 atom stereocenters. The number of hydrogen-bond donors (Lipinski definition) is 0. The lowest BCUT2D eigenvalue weighted by molar-refractivity contribution is -0.145. The SMILES string of the molecule is CC(C)(c1cccc(-n2cc(C(F)(F)F)cc2C(F)(F)F)n1)c1cccc(-n2cc(C(F)(F)F)cc2C(F)(F)F)n1. The molecule has 41 heavy (non-hydrogen) atoms. The minimum atomic E-state index is -5.19. The van der Waals surface area contributed by atoms with E-state index in [-0.39, 0.29) is 45.0 Å². The minimum Gasteiger partial charge on any atom is -0.297 e. The van der Waals surface area contributed by atoms with Gasteiger partial charge in [-0.25, -0.2) is 9.97 Å². The molecular weight excluding hydrogens is 584 g/mol. The Balaban J connectivity index is 1.82. The van der Waals surface area contributed by atoms with Crippen LogP contribution in [0, 0.1) is 0 Å². The van der Waals surface area contributed by atoms with Crippen molar-refractivity contribution in [2.45, 2.75) is 44.0 Å². The Bertz CT molecular complexity index is 1450. The first-order chi connectivity index (χ1) is 18.6. The number of halogens is 12. The van der Waals surface area contributed by atoms with Gasteiger partial charge in [-0.3, -0.25) is 9.13 Å². The molecule has 0 aliphatic carbocycles. The molecule has 0 saturated heterocycles. The molecule has 0 aliphatic heterocycles. The summed E-state index contributed by atoms with van der Waals surface area (Å²) in [4.78, 5) is 8.15. The van der Waals surface area contributed by atoms with Crippen LogP contribution in [0.2, 0.25) is 0 Å². The van der Waals surface area contributed by atoms with E-state index in [9.17, 15) is 52.7 Å². The molecule has 4 nitrogen and oxygen atoms in total. The van der Waals surface area contributed by atoms with Crippen LogP contribution in [0.4, 0.5) is 52.7 Å². The molecule has 0 amide bonds. The van der Waals surface area contributed by atoms with E-state index in [1.165, 1.54) is 38.1 Å². The van der Waals surface area contributed by atoms with Crippen LogP contribution in [-0.4, -0.2) is 19.1 Å². The smallest absolute Gasteiger partial charge is 0.297 e. The largest absolute Gasteiger partial charge is 0.431 e. The first-order valence-electron chi connectivity index (χ1n) is 11.3. The van der Waals surface area contributed by atoms with Crippen molar-refractivity contribution >= 4 is 0 Å². The number of pyridine rings is 2. The summed E-state index contributed by atoms with van der Waals surface area (Å²) in [6.07, 6.45) is -20.1. The zero-order chi connectivity index (χ0) is 30.8. The molecule has 4 aromatic heterocycles. The Labute approximate surface area is 222 Å². The fraction of sp³-hybridized carbons (Fsp3) is 0.280. The van der Waals surface area contributed by atoms with Gasteiger partial charge >= 0.3 is 24.7 Å². The summed E-state index contributed by atoms with van der Waals surface area (Å²) in [5.41, 5.74) is -7.94. The Morgan fingerprint density at radius 2 is 0.854 bits per heavy atom. The van der Waals surface area contributed by atoms with E-state index in [2.05, 4.69) is 9.97 Å². The summed E-state index contributed by atoms with van der Waals surface area (Å²) >= 11 is 0. The number of alkyl halides is 12. The highest BCUT2D eigenvalue weighted by atomic mass is 19.4. The van der Waals surface area contributed by atoms with E-state index < -0.39 is 64.3 Å². The molecule has 220 valence electrons. The number of rotatable bonds is 4. The molecule has 4 rings (SSSR count). The van der Waals surface area contributed by atoms with E-state index in [0.717, 1.165) is 12.1 Å².